The molecule has 0 amide bonds. The fourth-order valence-electron chi connectivity index (χ4n) is 5.91. The van der Waals surface area contributed by atoms with Crippen LogP contribution in [0, 0.1) is 0 Å². The summed E-state index contributed by atoms with van der Waals surface area (Å²) in [5.74, 6) is 2.29. The number of hydrogen-bond donors (Lipinski definition) is 1. The maximum atomic E-state index is 10.6. The van der Waals surface area contributed by atoms with Crippen LogP contribution in [-0.2, 0) is 25.9 Å². The normalized spacial score (nSPS) is 16.5. The summed E-state index contributed by atoms with van der Waals surface area (Å²) >= 11 is 0. The molecule has 1 heterocycles. The minimum Gasteiger partial charge on any atom is -0.494 e. The molecule has 1 aliphatic heterocycles. The summed E-state index contributed by atoms with van der Waals surface area (Å²) in [6.07, 6.45) is 0.368. The van der Waals surface area contributed by atoms with E-state index in [4.69, 9.17) is 23.7 Å². The lowest BCUT2D eigenvalue weighted by Gasteiger charge is -2.31. The van der Waals surface area contributed by atoms with Crippen molar-refractivity contribution >= 4 is 0 Å². The first-order chi connectivity index (χ1) is 22.9. The maximum absolute atomic E-state index is 10.6. The van der Waals surface area contributed by atoms with E-state index in [0.29, 0.717) is 24.7 Å². The molecular weight excluding hydrogens is 600 g/mol. The highest BCUT2D eigenvalue weighted by molar-refractivity contribution is 5.43. The van der Waals surface area contributed by atoms with Crippen LogP contribution >= 0.6 is 0 Å². The van der Waals surface area contributed by atoms with Gasteiger partial charge in [-0.15, -0.1) is 0 Å². The van der Waals surface area contributed by atoms with E-state index in [0.717, 1.165) is 18.8 Å². The molecule has 48 heavy (non-hydrogen) atoms. The molecule has 0 radical (unpaired) electrons. The fraction of sp³-hybridized carbons (Fsp3) is 0.429. The third-order valence-electron chi connectivity index (χ3n) is 9.81. The second-order valence-electron chi connectivity index (χ2n) is 14.0. The van der Waals surface area contributed by atoms with E-state index in [9.17, 15) is 5.11 Å². The molecule has 5 rings (SSSR count). The lowest BCUT2D eigenvalue weighted by molar-refractivity contribution is -0.0454. The van der Waals surface area contributed by atoms with Gasteiger partial charge in [0.1, 0.15) is 42.7 Å². The van der Waals surface area contributed by atoms with E-state index in [1.165, 1.54) is 27.8 Å². The largest absolute Gasteiger partial charge is 0.494 e. The van der Waals surface area contributed by atoms with Crippen molar-refractivity contribution in [1.82, 2.24) is 0 Å². The van der Waals surface area contributed by atoms with Gasteiger partial charge in [0.25, 0.3) is 0 Å². The number of ether oxygens (including phenoxy) is 5. The van der Waals surface area contributed by atoms with Gasteiger partial charge in [-0.05, 0) is 84.5 Å². The Bertz CT molecular complexity index is 1570. The first kappa shape index (κ1) is 35.5. The molecule has 4 aromatic carbocycles. The monoisotopic (exact) mass is 652 g/mol. The maximum Gasteiger partial charge on any atom is 0.122 e. The number of aliphatic hydroxyl groups excluding tert-OH is 1. The predicted octanol–water partition coefficient (Wildman–Crippen LogP) is 8.60. The minimum absolute atomic E-state index is 0.137. The van der Waals surface area contributed by atoms with Crippen LogP contribution in [0.25, 0.3) is 0 Å². The molecular formula is C42H52O6. The zero-order valence-corrected chi connectivity index (χ0v) is 29.6. The molecule has 1 fully saturated rings. The van der Waals surface area contributed by atoms with Gasteiger partial charge in [-0.2, -0.15) is 0 Å². The smallest absolute Gasteiger partial charge is 0.122 e. The Morgan fingerprint density at radius 3 is 1.31 bits per heavy atom. The van der Waals surface area contributed by atoms with Crippen LogP contribution in [0.2, 0.25) is 0 Å². The lowest BCUT2D eigenvalue weighted by Crippen LogP contribution is -2.27. The Labute approximate surface area is 287 Å². The summed E-state index contributed by atoms with van der Waals surface area (Å²) in [6, 6.07) is 33.2. The van der Waals surface area contributed by atoms with Gasteiger partial charge in [-0.1, -0.05) is 95.3 Å². The molecule has 1 saturated heterocycles. The van der Waals surface area contributed by atoms with Crippen molar-refractivity contribution in [3.63, 3.8) is 0 Å². The molecule has 0 bridgehead atoms. The highest BCUT2D eigenvalue weighted by Crippen LogP contribution is 2.36. The van der Waals surface area contributed by atoms with Gasteiger partial charge < -0.3 is 28.8 Å². The Balaban J connectivity index is 1.10. The second-order valence-corrected chi connectivity index (χ2v) is 14.0. The van der Waals surface area contributed by atoms with E-state index in [-0.39, 0.29) is 35.7 Å². The van der Waals surface area contributed by atoms with Crippen molar-refractivity contribution < 1.29 is 28.8 Å². The van der Waals surface area contributed by atoms with E-state index in [1.807, 2.05) is 43.3 Å². The minimum atomic E-state index is -0.769. The summed E-state index contributed by atoms with van der Waals surface area (Å²) in [4.78, 5) is 0. The van der Waals surface area contributed by atoms with Gasteiger partial charge in [0.05, 0.1) is 25.4 Å². The topological polar surface area (TPSA) is 69.7 Å². The lowest BCUT2D eigenvalue weighted by atomic mass is 9.77. The van der Waals surface area contributed by atoms with Crippen molar-refractivity contribution in [2.75, 3.05) is 33.0 Å². The van der Waals surface area contributed by atoms with E-state index < -0.39 is 6.10 Å². The quantitative estimate of drug-likeness (QED) is 0.115. The highest BCUT2D eigenvalue weighted by Gasteiger charge is 2.31. The number of benzene rings is 4. The number of aliphatic hydroxyl groups is 1. The van der Waals surface area contributed by atoms with E-state index >= 15 is 0 Å². The highest BCUT2D eigenvalue weighted by atomic mass is 16.6. The number of epoxide rings is 1. The van der Waals surface area contributed by atoms with Gasteiger partial charge >= 0.3 is 0 Å². The van der Waals surface area contributed by atoms with Gasteiger partial charge in [0.15, 0.2) is 0 Å². The Kier molecular flexibility index (Phi) is 11.2. The second kappa shape index (κ2) is 15.1. The molecule has 6 heteroatoms. The molecule has 256 valence electrons. The molecule has 3 unspecified atom stereocenters. The van der Waals surface area contributed by atoms with Crippen LogP contribution in [-0.4, -0.2) is 50.3 Å². The molecule has 1 N–H and O–H groups in total. The van der Waals surface area contributed by atoms with Gasteiger partial charge in [0.2, 0.25) is 0 Å². The van der Waals surface area contributed by atoms with Crippen molar-refractivity contribution in [1.29, 1.82) is 0 Å². The van der Waals surface area contributed by atoms with Crippen LogP contribution in [0.5, 0.6) is 17.2 Å². The zero-order valence-electron chi connectivity index (χ0n) is 29.6. The van der Waals surface area contributed by atoms with Gasteiger partial charge in [-0.3, -0.25) is 0 Å². The molecule has 0 aromatic heterocycles. The molecule has 0 spiro atoms. The first-order valence-corrected chi connectivity index (χ1v) is 17.2. The van der Waals surface area contributed by atoms with Crippen molar-refractivity contribution in [3.8, 4) is 17.2 Å². The van der Waals surface area contributed by atoms with Crippen molar-refractivity contribution in [3.05, 3.63) is 125 Å². The Hall–Kier alpha value is -3.84. The molecule has 0 aliphatic carbocycles. The number of rotatable bonds is 17. The predicted molar refractivity (Wildman–Crippen MR) is 192 cm³/mol. The van der Waals surface area contributed by atoms with Crippen LogP contribution in [0.4, 0.5) is 0 Å². The molecule has 6 nitrogen and oxygen atoms in total. The average Bonchev–Trinajstić information content (AvgIpc) is 3.94. The Morgan fingerprint density at radius 1 is 0.604 bits per heavy atom. The average molecular weight is 653 g/mol. The van der Waals surface area contributed by atoms with E-state index in [1.54, 1.807) is 0 Å². The van der Waals surface area contributed by atoms with Crippen LogP contribution in [0.3, 0.4) is 0 Å². The standard InChI is InChI=1S/C42H52O6/c1-8-42(7,48-29-39-28-47-39)34-12-10-30(11-13-34)40(3,4)32-16-22-37(23-17-32)45-26-35(43)27-46-38-24-18-33(19-25-38)41(5,6)31-14-20-36(21-15-31)44-9-2/h10-25,35,39,43H,8-9,26-29H2,1-7H3. The van der Waals surface area contributed by atoms with Crippen LogP contribution in [0.1, 0.15) is 82.7 Å². The zero-order chi connectivity index (χ0) is 34.4. The number of hydrogen-bond acceptors (Lipinski definition) is 6. The summed E-state index contributed by atoms with van der Waals surface area (Å²) in [5, 5.41) is 10.6. The summed E-state index contributed by atoms with van der Waals surface area (Å²) in [6.45, 7) is 17.5. The molecule has 0 saturated carbocycles. The van der Waals surface area contributed by atoms with Crippen LogP contribution < -0.4 is 14.2 Å². The summed E-state index contributed by atoms with van der Waals surface area (Å²) in [7, 11) is 0. The van der Waals surface area contributed by atoms with Crippen LogP contribution in [0.15, 0.2) is 97.1 Å². The SMILES string of the molecule is CCOc1ccc(C(C)(C)c2ccc(OCC(O)COc3ccc(C(C)(C)c4ccc(C(C)(CC)OCC5CO5)cc4)cc3)cc2)cc1. The van der Waals surface area contributed by atoms with E-state index in [2.05, 4.69) is 102 Å². The first-order valence-electron chi connectivity index (χ1n) is 17.2. The fourth-order valence-corrected chi connectivity index (χ4v) is 5.91. The Morgan fingerprint density at radius 2 is 0.958 bits per heavy atom. The summed E-state index contributed by atoms with van der Waals surface area (Å²) < 4.78 is 29.0. The third-order valence-corrected chi connectivity index (χ3v) is 9.81. The third kappa shape index (κ3) is 8.59. The van der Waals surface area contributed by atoms with Crippen molar-refractivity contribution in [2.45, 2.75) is 83.5 Å². The molecule has 3 atom stereocenters. The van der Waals surface area contributed by atoms with Gasteiger partial charge in [-0.25, -0.2) is 0 Å². The molecule has 4 aromatic rings. The molecule has 1 aliphatic rings. The van der Waals surface area contributed by atoms with Gasteiger partial charge in [0, 0.05) is 10.8 Å². The summed E-state index contributed by atoms with van der Waals surface area (Å²) in [5.41, 5.74) is 5.26. The van der Waals surface area contributed by atoms with Crippen molar-refractivity contribution in [2.24, 2.45) is 0 Å².